The number of sulfonamides is 1. The maximum atomic E-state index is 13.6. The van der Waals surface area contributed by atoms with E-state index in [0.29, 0.717) is 16.5 Å². The van der Waals surface area contributed by atoms with E-state index in [1.807, 2.05) is 13.0 Å². The summed E-state index contributed by atoms with van der Waals surface area (Å²) in [6.07, 6.45) is 0. The van der Waals surface area contributed by atoms with E-state index in [0.717, 1.165) is 22.0 Å². The van der Waals surface area contributed by atoms with Crippen molar-refractivity contribution in [3.63, 3.8) is 0 Å². The van der Waals surface area contributed by atoms with E-state index in [9.17, 15) is 17.6 Å². The highest BCUT2D eigenvalue weighted by Gasteiger charge is 2.27. The molecule has 36 heavy (non-hydrogen) atoms. The Kier molecular flexibility index (Phi) is 7.57. The van der Waals surface area contributed by atoms with Crippen molar-refractivity contribution < 1.29 is 22.3 Å². The number of anilines is 2. The molecule has 4 aromatic rings. The van der Waals surface area contributed by atoms with E-state index in [-0.39, 0.29) is 16.3 Å². The number of benzene rings is 4. The Morgan fingerprint density at radius 1 is 0.944 bits per heavy atom. The monoisotopic (exact) mass is 524 g/mol. The van der Waals surface area contributed by atoms with Crippen molar-refractivity contribution in [2.24, 2.45) is 0 Å². The molecule has 0 aliphatic rings. The molecule has 0 aromatic heterocycles. The Bertz CT molecular complexity index is 1460. The lowest BCUT2D eigenvalue weighted by atomic mass is 10.2. The van der Waals surface area contributed by atoms with E-state index in [1.54, 1.807) is 48.5 Å². The number of nitrogens with zero attached hydrogens (tertiary/aromatic N) is 1. The van der Waals surface area contributed by atoms with Crippen LogP contribution in [-0.4, -0.2) is 20.9 Å². The highest BCUT2D eigenvalue weighted by Crippen LogP contribution is 2.32. The molecule has 0 radical (unpaired) electrons. The van der Waals surface area contributed by atoms with Gasteiger partial charge in [0.05, 0.1) is 16.3 Å². The molecular weight excluding hydrogens is 503 g/mol. The summed E-state index contributed by atoms with van der Waals surface area (Å²) < 4.78 is 47.3. The van der Waals surface area contributed by atoms with Gasteiger partial charge in [-0.1, -0.05) is 47.5 Å². The summed E-state index contributed by atoms with van der Waals surface area (Å²) in [4.78, 5) is 13.1. The number of halogens is 2. The molecule has 0 bridgehead atoms. The van der Waals surface area contributed by atoms with Crippen LogP contribution in [0.15, 0.2) is 102 Å². The van der Waals surface area contributed by atoms with Gasteiger partial charge >= 0.3 is 0 Å². The van der Waals surface area contributed by atoms with Crippen LogP contribution in [0, 0.1) is 12.7 Å². The molecule has 4 aromatic carbocycles. The second-order valence-electron chi connectivity index (χ2n) is 7.90. The fourth-order valence-corrected chi connectivity index (χ4v) is 4.98. The first-order chi connectivity index (χ1) is 17.2. The van der Waals surface area contributed by atoms with E-state index >= 15 is 0 Å². The van der Waals surface area contributed by atoms with E-state index < -0.39 is 28.3 Å². The molecule has 0 fully saturated rings. The van der Waals surface area contributed by atoms with Gasteiger partial charge in [0.25, 0.3) is 10.0 Å². The Hall–Kier alpha value is -3.88. The molecule has 6 nitrogen and oxygen atoms in total. The molecule has 9 heteroatoms. The van der Waals surface area contributed by atoms with E-state index in [4.69, 9.17) is 16.3 Å². The van der Waals surface area contributed by atoms with Gasteiger partial charge in [0.2, 0.25) is 5.91 Å². The Balaban J connectivity index is 1.64. The van der Waals surface area contributed by atoms with E-state index in [2.05, 4.69) is 5.32 Å². The predicted molar refractivity (Wildman–Crippen MR) is 139 cm³/mol. The Morgan fingerprint density at radius 3 is 2.28 bits per heavy atom. The Labute approximate surface area is 214 Å². The predicted octanol–water partition coefficient (Wildman–Crippen LogP) is 6.41. The summed E-state index contributed by atoms with van der Waals surface area (Å²) in [6, 6.07) is 24.8. The van der Waals surface area contributed by atoms with Gasteiger partial charge in [-0.3, -0.25) is 9.10 Å². The molecule has 0 saturated heterocycles. The molecule has 0 saturated carbocycles. The summed E-state index contributed by atoms with van der Waals surface area (Å²) in [7, 11) is -4.15. The fourth-order valence-electron chi connectivity index (χ4n) is 3.38. The number of para-hydroxylation sites is 1. The third kappa shape index (κ3) is 6.02. The largest absolute Gasteiger partial charge is 0.455 e. The third-order valence-corrected chi connectivity index (χ3v) is 7.22. The van der Waals surface area contributed by atoms with Gasteiger partial charge in [0, 0.05) is 5.02 Å². The molecule has 0 atom stereocenters. The number of carbonyl (C=O) groups is 1. The van der Waals surface area contributed by atoms with Crippen molar-refractivity contribution in [2.75, 3.05) is 16.2 Å². The normalized spacial score (nSPS) is 11.1. The van der Waals surface area contributed by atoms with Crippen LogP contribution in [-0.2, 0) is 14.8 Å². The van der Waals surface area contributed by atoms with E-state index in [1.165, 1.54) is 30.3 Å². The summed E-state index contributed by atoms with van der Waals surface area (Å²) in [6.45, 7) is 1.26. The van der Waals surface area contributed by atoms with Gasteiger partial charge in [-0.2, -0.15) is 0 Å². The number of hydrogen-bond donors (Lipinski definition) is 1. The minimum absolute atomic E-state index is 0.00100. The average molecular weight is 525 g/mol. The van der Waals surface area contributed by atoms with Crippen molar-refractivity contribution >= 4 is 38.9 Å². The van der Waals surface area contributed by atoms with Crippen LogP contribution in [0.3, 0.4) is 0 Å². The van der Waals surface area contributed by atoms with Crippen LogP contribution in [0.25, 0.3) is 0 Å². The number of rotatable bonds is 8. The van der Waals surface area contributed by atoms with Crippen molar-refractivity contribution in [3.8, 4) is 11.5 Å². The van der Waals surface area contributed by atoms with Crippen LogP contribution in [0.2, 0.25) is 5.02 Å². The lowest BCUT2D eigenvalue weighted by molar-refractivity contribution is -0.114. The zero-order valence-corrected chi connectivity index (χ0v) is 20.8. The van der Waals surface area contributed by atoms with Gasteiger partial charge in [0.15, 0.2) is 5.75 Å². The summed E-state index contributed by atoms with van der Waals surface area (Å²) in [5, 5.41) is 3.04. The highest BCUT2D eigenvalue weighted by atomic mass is 35.5. The minimum Gasteiger partial charge on any atom is -0.455 e. The SMILES string of the molecule is Cc1ccc(S(=O)(=O)N(CC(=O)Nc2cc(Cl)ccc2Oc2ccccc2)c2ccc(F)cc2)cc1. The lowest BCUT2D eigenvalue weighted by Gasteiger charge is -2.24. The van der Waals surface area contributed by atoms with Crippen molar-refractivity contribution in [3.05, 3.63) is 113 Å². The van der Waals surface area contributed by atoms with Gasteiger partial charge in [-0.05, 0) is 73.7 Å². The number of aryl methyl sites for hydroxylation is 1. The molecule has 4 rings (SSSR count). The summed E-state index contributed by atoms with van der Waals surface area (Å²) in [5.41, 5.74) is 1.29. The van der Waals surface area contributed by atoms with Gasteiger partial charge in [0.1, 0.15) is 18.1 Å². The van der Waals surface area contributed by atoms with Gasteiger partial charge in [-0.15, -0.1) is 0 Å². The Morgan fingerprint density at radius 2 is 1.61 bits per heavy atom. The van der Waals surface area contributed by atoms with Crippen LogP contribution in [0.1, 0.15) is 5.56 Å². The maximum Gasteiger partial charge on any atom is 0.264 e. The number of amides is 1. The molecule has 1 N–H and O–H groups in total. The van der Waals surface area contributed by atoms with Gasteiger partial charge < -0.3 is 10.1 Å². The first-order valence-corrected chi connectivity index (χ1v) is 12.7. The van der Waals surface area contributed by atoms with Crippen LogP contribution in [0.5, 0.6) is 11.5 Å². The number of ether oxygens (including phenoxy) is 1. The smallest absolute Gasteiger partial charge is 0.264 e. The lowest BCUT2D eigenvalue weighted by Crippen LogP contribution is -2.38. The molecular formula is C27H22ClFN2O4S. The minimum atomic E-state index is -4.15. The summed E-state index contributed by atoms with van der Waals surface area (Å²) >= 11 is 6.14. The highest BCUT2D eigenvalue weighted by molar-refractivity contribution is 7.92. The quantitative estimate of drug-likeness (QED) is 0.289. The molecule has 0 spiro atoms. The first-order valence-electron chi connectivity index (χ1n) is 10.9. The van der Waals surface area contributed by atoms with Crippen molar-refractivity contribution in [1.82, 2.24) is 0 Å². The first kappa shape index (κ1) is 25.2. The van der Waals surface area contributed by atoms with Crippen molar-refractivity contribution in [1.29, 1.82) is 0 Å². The van der Waals surface area contributed by atoms with Gasteiger partial charge in [-0.25, -0.2) is 12.8 Å². The van der Waals surface area contributed by atoms with Crippen LogP contribution in [0.4, 0.5) is 15.8 Å². The zero-order chi connectivity index (χ0) is 25.7. The fraction of sp³-hybridized carbons (Fsp3) is 0.0741. The standard InChI is InChI=1S/C27H22ClFN2O4S/c1-19-7-14-24(15-8-19)36(33,34)31(22-12-10-21(29)11-13-22)18-27(32)30-25-17-20(28)9-16-26(25)35-23-5-3-2-4-6-23/h2-17H,18H2,1H3,(H,30,32). The molecule has 0 heterocycles. The average Bonchev–Trinajstić information content (AvgIpc) is 2.86. The van der Waals surface area contributed by atoms with Crippen molar-refractivity contribution in [2.45, 2.75) is 11.8 Å². The van der Waals surface area contributed by atoms with Crippen LogP contribution >= 0.6 is 11.6 Å². The number of nitrogens with one attached hydrogen (secondary N) is 1. The topological polar surface area (TPSA) is 75.7 Å². The molecule has 0 aliphatic carbocycles. The number of carbonyl (C=O) groups excluding carboxylic acids is 1. The molecule has 0 aliphatic heterocycles. The third-order valence-electron chi connectivity index (χ3n) is 5.20. The second-order valence-corrected chi connectivity index (χ2v) is 10.2. The maximum absolute atomic E-state index is 13.6. The number of hydrogen-bond acceptors (Lipinski definition) is 4. The molecule has 0 unspecified atom stereocenters. The molecule has 184 valence electrons. The molecule has 1 amide bonds. The zero-order valence-electron chi connectivity index (χ0n) is 19.2. The summed E-state index contributed by atoms with van der Waals surface area (Å²) in [5.74, 6) is -0.299. The van der Waals surface area contributed by atoms with Crippen LogP contribution < -0.4 is 14.4 Å². The second kappa shape index (κ2) is 10.8.